The monoisotopic (exact) mass is 265 g/mol. The van der Waals surface area contributed by atoms with Crippen molar-refractivity contribution in [2.75, 3.05) is 20.1 Å². The van der Waals surface area contributed by atoms with Gasteiger partial charge in [-0.3, -0.25) is 10.1 Å². The van der Waals surface area contributed by atoms with E-state index in [1.54, 1.807) is 0 Å². The summed E-state index contributed by atoms with van der Waals surface area (Å²) in [6, 6.07) is 0.784. The van der Waals surface area contributed by atoms with Gasteiger partial charge in [-0.1, -0.05) is 19.8 Å². The number of hydrogen-bond donors (Lipinski definition) is 1. The van der Waals surface area contributed by atoms with Crippen LogP contribution in [-0.2, 0) is 4.79 Å². The van der Waals surface area contributed by atoms with Crippen molar-refractivity contribution in [3.8, 4) is 0 Å². The van der Waals surface area contributed by atoms with Crippen molar-refractivity contribution in [3.63, 3.8) is 0 Å². The fourth-order valence-corrected chi connectivity index (χ4v) is 3.75. The Balaban J connectivity index is 1.63. The molecule has 0 radical (unpaired) electrons. The minimum absolute atomic E-state index is 0.196. The van der Waals surface area contributed by atoms with Crippen LogP contribution in [0.15, 0.2) is 0 Å². The molecule has 1 N–H and O–H groups in total. The first-order valence-electron chi connectivity index (χ1n) is 7.95. The van der Waals surface area contributed by atoms with Gasteiger partial charge in [-0.15, -0.1) is 0 Å². The summed E-state index contributed by atoms with van der Waals surface area (Å²) in [6.45, 7) is 4.08. The van der Waals surface area contributed by atoms with Crippen molar-refractivity contribution in [1.82, 2.24) is 15.1 Å². The number of likely N-dealkylation sites (N-methyl/N-ethyl adjacent to an activating group) is 1. The molecule has 1 spiro atoms. The Morgan fingerprint density at radius 3 is 2.63 bits per heavy atom. The maximum Gasteiger partial charge on any atom is 0.244 e. The highest BCUT2D eigenvalue weighted by Crippen LogP contribution is 2.37. The molecule has 2 aliphatic carbocycles. The Hall–Kier alpha value is -0.610. The van der Waals surface area contributed by atoms with Crippen molar-refractivity contribution in [3.05, 3.63) is 0 Å². The van der Waals surface area contributed by atoms with E-state index in [-0.39, 0.29) is 11.7 Å². The third-order valence-corrected chi connectivity index (χ3v) is 5.20. The number of carbonyl (C=O) groups excluding carboxylic acids is 1. The Bertz CT molecular complexity index is 347. The first-order valence-corrected chi connectivity index (χ1v) is 7.95. The molecule has 108 valence electrons. The molecule has 1 aliphatic heterocycles. The van der Waals surface area contributed by atoms with Gasteiger partial charge in [0, 0.05) is 19.1 Å². The van der Waals surface area contributed by atoms with Gasteiger partial charge in [0.2, 0.25) is 5.91 Å². The summed E-state index contributed by atoms with van der Waals surface area (Å²) in [5, 5.41) is 3.64. The third-order valence-electron chi connectivity index (χ3n) is 5.20. The number of amides is 1. The van der Waals surface area contributed by atoms with Gasteiger partial charge in [-0.05, 0) is 39.2 Å². The summed E-state index contributed by atoms with van der Waals surface area (Å²) < 4.78 is 0. The van der Waals surface area contributed by atoms with E-state index in [0.29, 0.717) is 5.91 Å². The fraction of sp³-hybridized carbons (Fsp3) is 0.933. The van der Waals surface area contributed by atoms with Crippen molar-refractivity contribution in [1.29, 1.82) is 0 Å². The molecule has 3 rings (SSSR count). The Labute approximate surface area is 116 Å². The largest absolute Gasteiger partial charge is 0.324 e. The minimum atomic E-state index is -0.196. The van der Waals surface area contributed by atoms with Crippen LogP contribution < -0.4 is 5.32 Å². The van der Waals surface area contributed by atoms with Gasteiger partial charge >= 0.3 is 0 Å². The zero-order valence-corrected chi connectivity index (χ0v) is 12.3. The normalized spacial score (nSPS) is 29.9. The van der Waals surface area contributed by atoms with E-state index in [1.165, 1.54) is 25.7 Å². The van der Waals surface area contributed by atoms with Crippen LogP contribution in [-0.4, -0.2) is 53.6 Å². The number of hydrogen-bond acceptors (Lipinski definition) is 3. The number of carbonyl (C=O) groups is 1. The lowest BCUT2D eigenvalue weighted by molar-refractivity contribution is -0.133. The van der Waals surface area contributed by atoms with E-state index in [4.69, 9.17) is 0 Å². The van der Waals surface area contributed by atoms with Gasteiger partial charge < -0.3 is 9.80 Å². The van der Waals surface area contributed by atoms with Gasteiger partial charge in [-0.2, -0.15) is 0 Å². The average Bonchev–Trinajstić information content (AvgIpc) is 3.11. The second-order valence-corrected chi connectivity index (χ2v) is 6.57. The van der Waals surface area contributed by atoms with Crippen LogP contribution >= 0.6 is 0 Å². The van der Waals surface area contributed by atoms with Gasteiger partial charge in [0.25, 0.3) is 0 Å². The molecule has 19 heavy (non-hydrogen) atoms. The summed E-state index contributed by atoms with van der Waals surface area (Å²) >= 11 is 0. The summed E-state index contributed by atoms with van der Waals surface area (Å²) in [4.78, 5) is 17.3. The molecule has 4 nitrogen and oxygen atoms in total. The van der Waals surface area contributed by atoms with E-state index >= 15 is 0 Å². The lowest BCUT2D eigenvalue weighted by Gasteiger charge is -2.26. The van der Waals surface area contributed by atoms with Crippen LogP contribution in [0.4, 0.5) is 0 Å². The average molecular weight is 265 g/mol. The lowest BCUT2D eigenvalue weighted by Crippen LogP contribution is -2.44. The quantitative estimate of drug-likeness (QED) is 0.819. The number of nitrogens with zero attached hydrogens (tertiary/aromatic N) is 2. The smallest absolute Gasteiger partial charge is 0.244 e. The predicted octanol–water partition coefficient (Wildman–Crippen LogP) is 1.56. The predicted molar refractivity (Wildman–Crippen MR) is 75.8 cm³/mol. The van der Waals surface area contributed by atoms with Crippen LogP contribution in [0.25, 0.3) is 0 Å². The molecule has 1 atom stereocenters. The summed E-state index contributed by atoms with van der Waals surface area (Å²) in [7, 11) is 2.19. The summed E-state index contributed by atoms with van der Waals surface area (Å²) in [6.07, 6.45) is 8.43. The van der Waals surface area contributed by atoms with Crippen molar-refractivity contribution < 1.29 is 4.79 Å². The fourth-order valence-electron chi connectivity index (χ4n) is 3.75. The molecular formula is C15H27N3O. The van der Waals surface area contributed by atoms with Gasteiger partial charge in [-0.25, -0.2) is 0 Å². The van der Waals surface area contributed by atoms with Gasteiger partial charge in [0.05, 0.1) is 11.7 Å². The molecule has 1 saturated heterocycles. The number of rotatable bonds is 5. The molecule has 1 amide bonds. The highest BCUT2D eigenvalue weighted by atomic mass is 16.2. The van der Waals surface area contributed by atoms with E-state index in [2.05, 4.69) is 29.1 Å². The molecule has 4 heteroatoms. The molecule has 0 aromatic rings. The second-order valence-electron chi connectivity index (χ2n) is 6.57. The van der Waals surface area contributed by atoms with Gasteiger partial charge in [0.15, 0.2) is 0 Å². The van der Waals surface area contributed by atoms with E-state index in [9.17, 15) is 4.79 Å². The first-order chi connectivity index (χ1) is 9.16. The van der Waals surface area contributed by atoms with Crippen LogP contribution in [0, 0.1) is 0 Å². The maximum absolute atomic E-state index is 12.7. The van der Waals surface area contributed by atoms with Crippen LogP contribution in [0.5, 0.6) is 0 Å². The lowest BCUT2D eigenvalue weighted by atomic mass is 9.98. The number of nitrogens with one attached hydrogen (secondary N) is 1. The first kappa shape index (κ1) is 13.4. The molecule has 0 aromatic heterocycles. The molecule has 0 bridgehead atoms. The molecule has 0 aromatic carbocycles. The van der Waals surface area contributed by atoms with E-state index in [0.717, 1.165) is 38.4 Å². The minimum Gasteiger partial charge on any atom is -0.324 e. The zero-order chi connectivity index (χ0) is 13.5. The third kappa shape index (κ3) is 2.40. The molecule has 3 fully saturated rings. The molecule has 1 heterocycles. The standard InChI is InChI=1S/C15H27N3O/c1-3-13-16-15(8-4-5-9-15)14(19)18(13)11-10-17(2)12-6-7-12/h12-13,16H,3-11H2,1-2H3. The molecule has 3 aliphatic rings. The van der Waals surface area contributed by atoms with Crippen LogP contribution in [0.2, 0.25) is 0 Å². The molecular weight excluding hydrogens is 238 g/mol. The Morgan fingerprint density at radius 2 is 2.05 bits per heavy atom. The molecule has 2 saturated carbocycles. The SMILES string of the molecule is CCC1NC2(CCCC2)C(=O)N1CCN(C)C1CC1. The van der Waals surface area contributed by atoms with Crippen LogP contribution in [0.1, 0.15) is 51.9 Å². The highest BCUT2D eigenvalue weighted by molar-refractivity contribution is 5.89. The van der Waals surface area contributed by atoms with E-state index in [1.807, 2.05) is 0 Å². The zero-order valence-electron chi connectivity index (χ0n) is 12.3. The van der Waals surface area contributed by atoms with Crippen molar-refractivity contribution in [2.24, 2.45) is 0 Å². The topological polar surface area (TPSA) is 35.6 Å². The summed E-state index contributed by atoms with van der Waals surface area (Å²) in [5.74, 6) is 0.376. The molecule has 1 unspecified atom stereocenters. The van der Waals surface area contributed by atoms with Crippen molar-refractivity contribution in [2.45, 2.75) is 69.6 Å². The van der Waals surface area contributed by atoms with Crippen LogP contribution in [0.3, 0.4) is 0 Å². The highest BCUT2D eigenvalue weighted by Gasteiger charge is 2.51. The van der Waals surface area contributed by atoms with Gasteiger partial charge in [0.1, 0.15) is 0 Å². The second kappa shape index (κ2) is 5.06. The van der Waals surface area contributed by atoms with Crippen molar-refractivity contribution >= 4 is 5.91 Å². The maximum atomic E-state index is 12.7. The Morgan fingerprint density at radius 1 is 1.37 bits per heavy atom. The Kier molecular flexibility index (Phi) is 3.56. The summed E-state index contributed by atoms with van der Waals surface area (Å²) in [5.41, 5.74) is -0.196. The van der Waals surface area contributed by atoms with E-state index < -0.39 is 0 Å².